The van der Waals surface area contributed by atoms with E-state index >= 15 is 0 Å². The molecule has 0 saturated heterocycles. The largest absolute Gasteiger partial charge is 0.508 e. The predicted molar refractivity (Wildman–Crippen MR) is 232 cm³/mol. The zero-order valence-electron chi connectivity index (χ0n) is 37.2. The van der Waals surface area contributed by atoms with Crippen LogP contribution in [0, 0.1) is 11.8 Å². The number of allylic oxidation sites excluding steroid dienone is 3. The van der Waals surface area contributed by atoms with Gasteiger partial charge in [0.2, 0.25) is 47.3 Å². The van der Waals surface area contributed by atoms with Crippen LogP contribution < -0.4 is 43.0 Å². The highest BCUT2D eigenvalue weighted by molar-refractivity contribution is 5.99. The second-order valence-electron chi connectivity index (χ2n) is 15.7. The molecule has 0 fully saturated rings. The fourth-order valence-electron chi connectivity index (χ4n) is 5.69. The number of carbonyl (C=O) groups excluding carboxylic acids is 8. The van der Waals surface area contributed by atoms with Crippen molar-refractivity contribution < 1.29 is 78.6 Å². The molecule has 1 aromatic rings. The maximum atomic E-state index is 13.9. The molecule has 0 bridgehead atoms. The van der Waals surface area contributed by atoms with Gasteiger partial charge in [0.25, 0.3) is 0 Å². The molecule has 0 aromatic heterocycles. The highest BCUT2D eigenvalue weighted by Gasteiger charge is 2.39. The molecule has 66 heavy (non-hydrogen) atoms. The van der Waals surface area contributed by atoms with Gasteiger partial charge in [-0.1, -0.05) is 64.5 Å². The summed E-state index contributed by atoms with van der Waals surface area (Å²) in [6.45, 7) is 7.08. The number of phenolic OH excluding ortho intramolecular Hbond substituents is 1. The van der Waals surface area contributed by atoms with Crippen LogP contribution in [0.5, 0.6) is 5.75 Å². The zero-order valence-corrected chi connectivity index (χ0v) is 37.2. The number of nitrogens with one attached hydrogen (secondary N) is 7. The SMILES string of the molecule is CCC(C)CCC=CC=CC(=O)NCC(=O)NCC(=O)NC(C(=O)NC(Cc1ccc(O)cc1)C(=O)NC(C(=O)NC(CC(C)C)C(=O)NC(C(N)=O)C(O)C(=O)O)C(C)O)C(O)C(=O)O. The Hall–Kier alpha value is -6.92. The number of benzene rings is 1. The molecule has 0 aliphatic rings. The standard InChI is InChI=1S/C42H62N8O16/c1-6-22(4)11-9-7-8-10-12-28(53)44-19-29(54)45-20-30(55)48-33(35(57)42(65)66)40(62)47-27(18-24-13-15-25(52)16-14-24)38(60)49-31(23(5)51)39(61)46-26(17-21(2)3)37(59)50-32(36(43)58)34(56)41(63)64/h7-8,10,12-16,21-23,26-27,31-35,51-52,56-57H,6,9,11,17-20H2,1-5H3,(H2,43,58)(H,44,53)(H,45,54)(H,46,61)(H,47,62)(H,48,55)(H,49,60)(H,50,59)(H,63,64)(H,65,66). The first-order chi connectivity index (χ1) is 30.9. The quantitative estimate of drug-likeness (QED) is 0.0272. The number of hydrogen-bond acceptors (Lipinski definition) is 14. The lowest BCUT2D eigenvalue weighted by Crippen LogP contribution is -2.63. The predicted octanol–water partition coefficient (Wildman–Crippen LogP) is -3.67. The summed E-state index contributed by atoms with van der Waals surface area (Å²) in [5, 5.41) is 74.4. The third-order valence-corrected chi connectivity index (χ3v) is 9.64. The van der Waals surface area contributed by atoms with E-state index in [4.69, 9.17) is 10.8 Å². The number of carbonyl (C=O) groups is 10. The summed E-state index contributed by atoms with van der Waals surface area (Å²) < 4.78 is 0. The Bertz CT molecular complexity index is 1920. The van der Waals surface area contributed by atoms with Gasteiger partial charge < -0.3 is 73.6 Å². The highest BCUT2D eigenvalue weighted by atomic mass is 16.4. The molecule has 24 heteroatoms. The molecule has 0 spiro atoms. The summed E-state index contributed by atoms with van der Waals surface area (Å²) in [6.07, 6.45) is 1.62. The second kappa shape index (κ2) is 28.8. The monoisotopic (exact) mass is 934 g/mol. The van der Waals surface area contributed by atoms with Gasteiger partial charge >= 0.3 is 11.9 Å². The average Bonchev–Trinajstić information content (AvgIpc) is 3.24. The van der Waals surface area contributed by atoms with E-state index in [1.165, 1.54) is 36.4 Å². The van der Waals surface area contributed by atoms with Crippen molar-refractivity contribution in [3.8, 4) is 5.75 Å². The lowest BCUT2D eigenvalue weighted by molar-refractivity contribution is -0.152. The van der Waals surface area contributed by atoms with Crippen molar-refractivity contribution in [3.05, 3.63) is 54.1 Å². The number of aliphatic hydroxyl groups excluding tert-OH is 3. The van der Waals surface area contributed by atoms with Crippen LogP contribution in [0.4, 0.5) is 0 Å². The van der Waals surface area contributed by atoms with Crippen LogP contribution in [0.2, 0.25) is 0 Å². The van der Waals surface area contributed by atoms with Gasteiger partial charge in [-0.2, -0.15) is 0 Å². The Labute approximate surface area is 380 Å². The summed E-state index contributed by atoms with van der Waals surface area (Å²) in [6, 6.07) is -4.63. The van der Waals surface area contributed by atoms with E-state index in [1.54, 1.807) is 19.9 Å². The van der Waals surface area contributed by atoms with E-state index in [0.717, 1.165) is 26.2 Å². The van der Waals surface area contributed by atoms with Crippen LogP contribution >= 0.6 is 0 Å². The summed E-state index contributed by atoms with van der Waals surface area (Å²) in [4.78, 5) is 126. The molecule has 24 nitrogen and oxygen atoms in total. The van der Waals surface area contributed by atoms with E-state index in [-0.39, 0.29) is 23.7 Å². The molecule has 0 saturated carbocycles. The smallest absolute Gasteiger partial charge is 0.335 e. The van der Waals surface area contributed by atoms with Crippen molar-refractivity contribution in [1.82, 2.24) is 37.2 Å². The number of aromatic hydroxyl groups is 1. The number of rotatable bonds is 29. The topological polar surface area (TPSA) is 402 Å². The first-order valence-corrected chi connectivity index (χ1v) is 20.8. The van der Waals surface area contributed by atoms with E-state index < -0.39 is 127 Å². The van der Waals surface area contributed by atoms with Crippen molar-refractivity contribution in [2.24, 2.45) is 17.6 Å². The molecular weight excluding hydrogens is 873 g/mol. The van der Waals surface area contributed by atoms with Gasteiger partial charge in [0.1, 0.15) is 36.0 Å². The lowest BCUT2D eigenvalue weighted by atomic mass is 10.0. The van der Waals surface area contributed by atoms with Crippen LogP contribution in [0.3, 0.4) is 0 Å². The minimum atomic E-state index is -2.64. The van der Waals surface area contributed by atoms with Crippen molar-refractivity contribution in [2.45, 2.75) is 115 Å². The number of carboxylic acids is 2. The zero-order chi connectivity index (χ0) is 50.3. The Morgan fingerprint density at radius 2 is 1.18 bits per heavy atom. The van der Waals surface area contributed by atoms with E-state index in [2.05, 4.69) is 40.4 Å². The Morgan fingerprint density at radius 3 is 1.73 bits per heavy atom. The van der Waals surface area contributed by atoms with Crippen LogP contribution in [0.1, 0.15) is 65.9 Å². The molecule has 8 amide bonds. The molecule has 15 N–H and O–H groups in total. The third kappa shape index (κ3) is 21.2. The molecule has 0 aliphatic heterocycles. The number of hydrogen-bond donors (Lipinski definition) is 14. The summed E-state index contributed by atoms with van der Waals surface area (Å²) in [5.74, 6) is -13.1. The fraction of sp³-hybridized carbons (Fsp3) is 0.524. The van der Waals surface area contributed by atoms with Gasteiger partial charge in [-0.25, -0.2) is 9.59 Å². The molecule has 0 heterocycles. The van der Waals surface area contributed by atoms with Crippen LogP contribution in [0.15, 0.2) is 48.6 Å². The molecular formula is C42H62N8O16. The van der Waals surface area contributed by atoms with Gasteiger partial charge in [-0.3, -0.25) is 38.4 Å². The summed E-state index contributed by atoms with van der Waals surface area (Å²) in [7, 11) is 0. The van der Waals surface area contributed by atoms with Gasteiger partial charge in [-0.05, 0) is 55.7 Å². The number of aliphatic carboxylic acids is 2. The molecule has 1 aromatic carbocycles. The molecule has 9 unspecified atom stereocenters. The van der Waals surface area contributed by atoms with Gasteiger partial charge in [0.05, 0.1) is 19.2 Å². The van der Waals surface area contributed by atoms with Crippen LogP contribution in [-0.2, 0) is 54.4 Å². The summed E-state index contributed by atoms with van der Waals surface area (Å²) in [5.41, 5.74) is 5.41. The van der Waals surface area contributed by atoms with Crippen molar-refractivity contribution in [2.75, 3.05) is 13.1 Å². The molecule has 9 atom stereocenters. The van der Waals surface area contributed by atoms with Gasteiger partial charge in [0, 0.05) is 12.5 Å². The number of carboxylic acid groups (broad SMARTS) is 2. The highest BCUT2D eigenvalue weighted by Crippen LogP contribution is 2.13. The minimum Gasteiger partial charge on any atom is -0.508 e. The molecule has 0 radical (unpaired) electrons. The fourth-order valence-corrected chi connectivity index (χ4v) is 5.69. The number of amides is 8. The lowest BCUT2D eigenvalue weighted by Gasteiger charge is -2.29. The van der Waals surface area contributed by atoms with Crippen molar-refractivity contribution >= 4 is 59.2 Å². The Balaban J connectivity index is 3.24. The normalized spacial score (nSPS) is 15.4. The van der Waals surface area contributed by atoms with Gasteiger partial charge in [0.15, 0.2) is 12.2 Å². The number of aliphatic hydroxyl groups is 3. The minimum absolute atomic E-state index is 0.167. The number of phenols is 1. The maximum Gasteiger partial charge on any atom is 0.335 e. The van der Waals surface area contributed by atoms with Crippen LogP contribution in [-0.4, -0.2) is 151 Å². The second-order valence-corrected chi connectivity index (χ2v) is 15.7. The first-order valence-electron chi connectivity index (χ1n) is 20.8. The van der Waals surface area contributed by atoms with E-state index in [0.29, 0.717) is 5.92 Å². The Morgan fingerprint density at radius 1 is 0.652 bits per heavy atom. The van der Waals surface area contributed by atoms with Crippen LogP contribution in [0.25, 0.3) is 0 Å². The third-order valence-electron chi connectivity index (χ3n) is 9.64. The van der Waals surface area contributed by atoms with E-state index in [1.807, 2.05) is 16.7 Å². The maximum absolute atomic E-state index is 13.9. The first kappa shape index (κ1) is 57.1. The van der Waals surface area contributed by atoms with Gasteiger partial charge in [-0.15, -0.1) is 0 Å². The van der Waals surface area contributed by atoms with E-state index in [9.17, 15) is 73.5 Å². The molecule has 366 valence electrons. The molecule has 1 rings (SSSR count). The Kier molecular flexibility index (Phi) is 24.9. The summed E-state index contributed by atoms with van der Waals surface area (Å²) >= 11 is 0. The number of primary amides is 1. The van der Waals surface area contributed by atoms with Crippen molar-refractivity contribution in [3.63, 3.8) is 0 Å². The average molecular weight is 935 g/mol. The van der Waals surface area contributed by atoms with Crippen molar-refractivity contribution in [1.29, 1.82) is 0 Å². The molecule has 0 aliphatic carbocycles. The number of nitrogens with two attached hydrogens (primary N) is 1.